The SMILES string of the molecule is COC(=O)COc1ccc(S(=O)(=O)Nc2ccc(C)cc2)cc1. The summed E-state index contributed by atoms with van der Waals surface area (Å²) < 4.78 is 36.7. The summed E-state index contributed by atoms with van der Waals surface area (Å²) in [5.41, 5.74) is 1.53. The maximum atomic E-state index is 12.3. The van der Waals surface area contributed by atoms with E-state index in [1.165, 1.54) is 31.4 Å². The molecule has 0 aromatic heterocycles. The second-order valence-corrected chi connectivity index (χ2v) is 6.49. The lowest BCUT2D eigenvalue weighted by molar-refractivity contribution is -0.142. The zero-order valence-corrected chi connectivity index (χ0v) is 13.6. The van der Waals surface area contributed by atoms with Gasteiger partial charge in [-0.1, -0.05) is 17.7 Å². The Kier molecular flexibility index (Phi) is 5.23. The first-order valence-electron chi connectivity index (χ1n) is 6.80. The van der Waals surface area contributed by atoms with Crippen molar-refractivity contribution in [2.24, 2.45) is 0 Å². The van der Waals surface area contributed by atoms with E-state index in [4.69, 9.17) is 4.74 Å². The van der Waals surface area contributed by atoms with Gasteiger partial charge in [-0.3, -0.25) is 4.72 Å². The summed E-state index contributed by atoms with van der Waals surface area (Å²) in [7, 11) is -2.41. The van der Waals surface area contributed by atoms with Gasteiger partial charge < -0.3 is 9.47 Å². The number of carbonyl (C=O) groups is 1. The number of nitrogens with one attached hydrogen (secondary N) is 1. The highest BCUT2D eigenvalue weighted by molar-refractivity contribution is 7.92. The van der Waals surface area contributed by atoms with E-state index in [0.717, 1.165) is 5.56 Å². The van der Waals surface area contributed by atoms with E-state index in [2.05, 4.69) is 9.46 Å². The minimum absolute atomic E-state index is 0.100. The van der Waals surface area contributed by atoms with Crippen LogP contribution in [0.1, 0.15) is 5.56 Å². The van der Waals surface area contributed by atoms with E-state index in [0.29, 0.717) is 11.4 Å². The van der Waals surface area contributed by atoms with Gasteiger partial charge in [0.2, 0.25) is 0 Å². The zero-order chi connectivity index (χ0) is 16.9. The number of aryl methyl sites for hydroxylation is 1. The summed E-state index contributed by atoms with van der Waals surface area (Å²) in [6.45, 7) is 1.69. The molecule has 0 aliphatic heterocycles. The summed E-state index contributed by atoms with van der Waals surface area (Å²) in [6.07, 6.45) is 0. The molecule has 0 amide bonds. The van der Waals surface area contributed by atoms with Gasteiger partial charge in [-0.05, 0) is 43.3 Å². The molecule has 7 heteroatoms. The van der Waals surface area contributed by atoms with Crippen molar-refractivity contribution in [2.45, 2.75) is 11.8 Å². The van der Waals surface area contributed by atoms with Gasteiger partial charge in [0.05, 0.1) is 12.0 Å². The normalized spacial score (nSPS) is 10.9. The predicted octanol–water partition coefficient (Wildman–Crippen LogP) is 2.35. The number of rotatable bonds is 6. The second-order valence-electron chi connectivity index (χ2n) is 4.81. The van der Waals surface area contributed by atoms with Gasteiger partial charge in [0.1, 0.15) is 5.75 Å². The average molecular weight is 335 g/mol. The molecule has 0 atom stereocenters. The first-order valence-corrected chi connectivity index (χ1v) is 8.28. The second kappa shape index (κ2) is 7.15. The van der Waals surface area contributed by atoms with Crippen molar-refractivity contribution in [1.29, 1.82) is 0 Å². The molecule has 0 heterocycles. The highest BCUT2D eigenvalue weighted by atomic mass is 32.2. The summed E-state index contributed by atoms with van der Waals surface area (Å²) in [5, 5.41) is 0. The molecule has 2 aromatic carbocycles. The Bertz CT molecular complexity index is 767. The number of hydrogen-bond donors (Lipinski definition) is 1. The van der Waals surface area contributed by atoms with Crippen molar-refractivity contribution in [2.75, 3.05) is 18.4 Å². The molecule has 0 saturated carbocycles. The number of benzene rings is 2. The van der Waals surface area contributed by atoms with Crippen LogP contribution in [0, 0.1) is 6.92 Å². The Labute approximate surface area is 135 Å². The molecule has 0 unspecified atom stereocenters. The lowest BCUT2D eigenvalue weighted by atomic mass is 10.2. The third-order valence-electron chi connectivity index (χ3n) is 3.02. The van der Waals surface area contributed by atoms with Crippen molar-refractivity contribution in [3.8, 4) is 5.75 Å². The van der Waals surface area contributed by atoms with Crippen molar-refractivity contribution in [1.82, 2.24) is 0 Å². The van der Waals surface area contributed by atoms with Gasteiger partial charge in [-0.15, -0.1) is 0 Å². The summed E-state index contributed by atoms with van der Waals surface area (Å²) in [6, 6.07) is 12.8. The highest BCUT2D eigenvalue weighted by Gasteiger charge is 2.14. The lowest BCUT2D eigenvalue weighted by Gasteiger charge is -2.09. The van der Waals surface area contributed by atoms with Crippen LogP contribution in [0.15, 0.2) is 53.4 Å². The average Bonchev–Trinajstić information content (AvgIpc) is 2.55. The van der Waals surface area contributed by atoms with E-state index in [1.54, 1.807) is 12.1 Å². The highest BCUT2D eigenvalue weighted by Crippen LogP contribution is 2.19. The maximum Gasteiger partial charge on any atom is 0.343 e. The van der Waals surface area contributed by atoms with Gasteiger partial charge in [0.25, 0.3) is 10.0 Å². The Morgan fingerprint density at radius 2 is 1.65 bits per heavy atom. The summed E-state index contributed by atoms with van der Waals surface area (Å²) in [4.78, 5) is 11.1. The van der Waals surface area contributed by atoms with Crippen LogP contribution in [0.4, 0.5) is 5.69 Å². The molecular weight excluding hydrogens is 318 g/mol. The number of ether oxygens (including phenoxy) is 2. The number of sulfonamides is 1. The van der Waals surface area contributed by atoms with Crippen LogP contribution < -0.4 is 9.46 Å². The van der Waals surface area contributed by atoms with Gasteiger partial charge in [0, 0.05) is 5.69 Å². The quantitative estimate of drug-likeness (QED) is 0.820. The molecular formula is C16H17NO5S. The van der Waals surface area contributed by atoms with E-state index in [9.17, 15) is 13.2 Å². The van der Waals surface area contributed by atoms with E-state index < -0.39 is 16.0 Å². The molecule has 0 fully saturated rings. The molecule has 0 aliphatic carbocycles. The molecule has 0 radical (unpaired) electrons. The van der Waals surface area contributed by atoms with Crippen LogP contribution in [0.3, 0.4) is 0 Å². The smallest absolute Gasteiger partial charge is 0.343 e. The number of carbonyl (C=O) groups excluding carboxylic acids is 1. The van der Waals surface area contributed by atoms with Crippen LogP contribution in [0.25, 0.3) is 0 Å². The van der Waals surface area contributed by atoms with Crippen LogP contribution in [-0.2, 0) is 19.6 Å². The molecule has 6 nitrogen and oxygen atoms in total. The minimum atomic E-state index is -3.68. The summed E-state index contributed by atoms with van der Waals surface area (Å²) >= 11 is 0. The fraction of sp³-hybridized carbons (Fsp3) is 0.188. The predicted molar refractivity (Wildman–Crippen MR) is 85.9 cm³/mol. The van der Waals surface area contributed by atoms with Crippen LogP contribution >= 0.6 is 0 Å². The molecule has 122 valence electrons. The fourth-order valence-corrected chi connectivity index (χ4v) is 2.81. The van der Waals surface area contributed by atoms with Crippen molar-refractivity contribution >= 4 is 21.7 Å². The number of hydrogen-bond acceptors (Lipinski definition) is 5. The first kappa shape index (κ1) is 16.8. The Hall–Kier alpha value is -2.54. The third-order valence-corrected chi connectivity index (χ3v) is 4.42. The molecule has 0 spiro atoms. The lowest BCUT2D eigenvalue weighted by Crippen LogP contribution is -2.14. The molecule has 23 heavy (non-hydrogen) atoms. The van der Waals surface area contributed by atoms with E-state index in [-0.39, 0.29) is 11.5 Å². The minimum Gasteiger partial charge on any atom is -0.482 e. The topological polar surface area (TPSA) is 81.7 Å². The largest absolute Gasteiger partial charge is 0.482 e. The van der Waals surface area contributed by atoms with Gasteiger partial charge >= 0.3 is 5.97 Å². The number of methoxy groups -OCH3 is 1. The zero-order valence-electron chi connectivity index (χ0n) is 12.8. The van der Waals surface area contributed by atoms with Gasteiger partial charge in [-0.25, -0.2) is 13.2 Å². The standard InChI is InChI=1S/C16H17NO5S/c1-12-3-5-13(6-4-12)17-23(19,20)15-9-7-14(8-10-15)22-11-16(18)21-2/h3-10,17H,11H2,1-2H3. The van der Waals surface area contributed by atoms with Crippen LogP contribution in [0.2, 0.25) is 0 Å². The number of esters is 1. The Morgan fingerprint density at radius 1 is 1.04 bits per heavy atom. The molecule has 1 N–H and O–H groups in total. The molecule has 0 aliphatic rings. The van der Waals surface area contributed by atoms with E-state index >= 15 is 0 Å². The Balaban J connectivity index is 2.08. The van der Waals surface area contributed by atoms with Gasteiger partial charge in [-0.2, -0.15) is 0 Å². The summed E-state index contributed by atoms with van der Waals surface area (Å²) in [5.74, 6) is -0.132. The monoisotopic (exact) mass is 335 g/mol. The van der Waals surface area contributed by atoms with Crippen LogP contribution in [-0.4, -0.2) is 28.1 Å². The molecule has 2 rings (SSSR count). The Morgan fingerprint density at radius 3 is 2.22 bits per heavy atom. The first-order chi connectivity index (χ1) is 10.9. The number of anilines is 1. The van der Waals surface area contributed by atoms with Crippen molar-refractivity contribution < 1.29 is 22.7 Å². The fourth-order valence-electron chi connectivity index (χ4n) is 1.75. The molecule has 0 saturated heterocycles. The van der Waals surface area contributed by atoms with Crippen LogP contribution in [0.5, 0.6) is 5.75 Å². The maximum absolute atomic E-state index is 12.3. The van der Waals surface area contributed by atoms with Crippen molar-refractivity contribution in [3.05, 3.63) is 54.1 Å². The van der Waals surface area contributed by atoms with Crippen molar-refractivity contribution in [3.63, 3.8) is 0 Å². The van der Waals surface area contributed by atoms with E-state index in [1.807, 2.05) is 19.1 Å². The van der Waals surface area contributed by atoms with Gasteiger partial charge in [0.15, 0.2) is 6.61 Å². The third kappa shape index (κ3) is 4.72. The molecule has 0 bridgehead atoms. The molecule has 2 aromatic rings.